The third-order valence-electron chi connectivity index (χ3n) is 4.58. The largest absolute Gasteiger partial charge is 0.332 e. The quantitative estimate of drug-likeness (QED) is 0.712. The number of hydrogen-bond acceptors (Lipinski definition) is 3. The molecule has 1 N–H and O–H groups in total. The fourth-order valence-corrected chi connectivity index (χ4v) is 3.61. The molecule has 2 aromatic rings. The number of halogens is 2. The van der Waals surface area contributed by atoms with Crippen molar-refractivity contribution in [1.82, 2.24) is 9.80 Å². The van der Waals surface area contributed by atoms with E-state index in [0.29, 0.717) is 27.4 Å². The lowest BCUT2D eigenvalue weighted by atomic mass is 10.1. The van der Waals surface area contributed by atoms with E-state index >= 15 is 0 Å². The summed E-state index contributed by atoms with van der Waals surface area (Å²) in [5.74, 6) is -0.455. The molecule has 0 saturated carbocycles. The summed E-state index contributed by atoms with van der Waals surface area (Å²) in [7, 11) is 1.62. The van der Waals surface area contributed by atoms with Crippen LogP contribution in [0.15, 0.2) is 42.5 Å². The Bertz CT molecular complexity index is 934. The van der Waals surface area contributed by atoms with Gasteiger partial charge in [0.15, 0.2) is 5.11 Å². The zero-order chi connectivity index (χ0) is 20.4. The van der Waals surface area contributed by atoms with E-state index < -0.39 is 6.04 Å². The second-order valence-electron chi connectivity index (χ2n) is 6.69. The van der Waals surface area contributed by atoms with Gasteiger partial charge >= 0.3 is 0 Å². The molecular weight excluding hydrogens is 417 g/mol. The second kappa shape index (κ2) is 8.47. The first-order valence-corrected chi connectivity index (χ1v) is 9.81. The monoisotopic (exact) mass is 435 g/mol. The molecule has 1 unspecified atom stereocenters. The molecule has 2 aromatic carbocycles. The molecule has 0 aromatic heterocycles. The topological polar surface area (TPSA) is 52.7 Å². The van der Waals surface area contributed by atoms with Crippen LogP contribution in [0, 0.1) is 6.92 Å². The molecule has 3 rings (SSSR count). The highest BCUT2D eigenvalue weighted by atomic mass is 35.5. The molecule has 146 valence electrons. The van der Waals surface area contributed by atoms with E-state index in [9.17, 15) is 9.59 Å². The molecule has 1 aliphatic rings. The number of likely N-dealkylation sites (N-methyl/N-ethyl adjacent to an activating group) is 1. The van der Waals surface area contributed by atoms with Gasteiger partial charge in [-0.15, -0.1) is 0 Å². The van der Waals surface area contributed by atoms with Crippen molar-refractivity contribution in [3.63, 3.8) is 0 Å². The van der Waals surface area contributed by atoms with Crippen LogP contribution >= 0.6 is 35.4 Å². The maximum atomic E-state index is 12.6. The van der Waals surface area contributed by atoms with Crippen LogP contribution in [0.1, 0.15) is 17.5 Å². The van der Waals surface area contributed by atoms with Gasteiger partial charge in [-0.2, -0.15) is 0 Å². The minimum absolute atomic E-state index is 0.00148. The average molecular weight is 436 g/mol. The van der Waals surface area contributed by atoms with Crippen LogP contribution in [-0.2, 0) is 16.1 Å². The molecule has 0 spiro atoms. The number of nitrogens with zero attached hydrogens (tertiary/aromatic N) is 2. The standard InChI is InChI=1S/C20H19Cl2N3O2S/c1-12-3-6-14(7-4-12)23-18(26)10-17-19(27)24(2)20(28)25(17)11-13-5-8-15(21)16(22)9-13/h3-9,17H,10-11H2,1-2H3,(H,23,26). The van der Waals surface area contributed by atoms with Gasteiger partial charge in [-0.05, 0) is 49.0 Å². The maximum absolute atomic E-state index is 12.6. The summed E-state index contributed by atoms with van der Waals surface area (Å²) < 4.78 is 0. The lowest BCUT2D eigenvalue weighted by Gasteiger charge is -2.23. The number of nitrogens with one attached hydrogen (secondary N) is 1. The number of amides is 2. The van der Waals surface area contributed by atoms with Gasteiger partial charge in [0.25, 0.3) is 5.91 Å². The van der Waals surface area contributed by atoms with Crippen LogP contribution < -0.4 is 5.32 Å². The third-order valence-corrected chi connectivity index (χ3v) is 5.82. The molecule has 1 aliphatic heterocycles. The molecule has 0 radical (unpaired) electrons. The van der Waals surface area contributed by atoms with Gasteiger partial charge in [0, 0.05) is 19.3 Å². The number of carbonyl (C=O) groups is 2. The van der Waals surface area contributed by atoms with E-state index in [0.717, 1.165) is 11.1 Å². The Morgan fingerprint density at radius 1 is 1.14 bits per heavy atom. The van der Waals surface area contributed by atoms with Crippen molar-refractivity contribution in [1.29, 1.82) is 0 Å². The van der Waals surface area contributed by atoms with E-state index in [2.05, 4.69) is 5.32 Å². The summed E-state index contributed by atoms with van der Waals surface area (Å²) in [4.78, 5) is 28.3. The molecule has 8 heteroatoms. The number of anilines is 1. The number of thiocarbonyl (C=S) groups is 1. The maximum Gasteiger partial charge on any atom is 0.251 e. The van der Waals surface area contributed by atoms with Gasteiger partial charge in [-0.1, -0.05) is 47.0 Å². The molecule has 1 atom stereocenters. The first kappa shape index (κ1) is 20.6. The summed E-state index contributed by atoms with van der Waals surface area (Å²) in [6.07, 6.45) is -0.00148. The van der Waals surface area contributed by atoms with E-state index in [1.165, 1.54) is 4.90 Å². The number of benzene rings is 2. The molecule has 28 heavy (non-hydrogen) atoms. The summed E-state index contributed by atoms with van der Waals surface area (Å²) in [5, 5.41) is 4.09. The fraction of sp³-hybridized carbons (Fsp3) is 0.250. The smallest absolute Gasteiger partial charge is 0.251 e. The van der Waals surface area contributed by atoms with Gasteiger partial charge in [0.2, 0.25) is 5.91 Å². The highest BCUT2D eigenvalue weighted by Gasteiger charge is 2.41. The number of hydrogen-bond donors (Lipinski definition) is 1. The lowest BCUT2D eigenvalue weighted by Crippen LogP contribution is -2.37. The van der Waals surface area contributed by atoms with Crippen LogP contribution in [0.25, 0.3) is 0 Å². The zero-order valence-electron chi connectivity index (χ0n) is 15.4. The second-order valence-corrected chi connectivity index (χ2v) is 7.87. The first-order valence-electron chi connectivity index (χ1n) is 8.65. The Morgan fingerprint density at radius 3 is 2.46 bits per heavy atom. The zero-order valence-corrected chi connectivity index (χ0v) is 17.7. The molecule has 0 bridgehead atoms. The molecule has 1 heterocycles. The third kappa shape index (κ3) is 4.46. The van der Waals surface area contributed by atoms with Gasteiger partial charge < -0.3 is 10.2 Å². The van der Waals surface area contributed by atoms with E-state index in [1.807, 2.05) is 37.3 Å². The lowest BCUT2D eigenvalue weighted by molar-refractivity contribution is -0.130. The van der Waals surface area contributed by atoms with Crippen LogP contribution in [-0.4, -0.2) is 39.8 Å². The Kier molecular flexibility index (Phi) is 6.23. The summed E-state index contributed by atoms with van der Waals surface area (Å²) >= 11 is 17.5. The highest BCUT2D eigenvalue weighted by Crippen LogP contribution is 2.27. The van der Waals surface area contributed by atoms with E-state index in [-0.39, 0.29) is 18.2 Å². The van der Waals surface area contributed by atoms with Crippen molar-refractivity contribution in [3.8, 4) is 0 Å². The minimum atomic E-state index is -0.669. The van der Waals surface area contributed by atoms with Crippen LogP contribution in [0.5, 0.6) is 0 Å². The van der Waals surface area contributed by atoms with Crippen LogP contribution in [0.3, 0.4) is 0 Å². The number of rotatable bonds is 5. The SMILES string of the molecule is Cc1ccc(NC(=O)CC2C(=O)N(C)C(=S)N2Cc2ccc(Cl)c(Cl)c2)cc1. The van der Waals surface area contributed by atoms with Crippen molar-refractivity contribution in [2.24, 2.45) is 0 Å². The van der Waals surface area contributed by atoms with Gasteiger partial charge in [0.1, 0.15) is 6.04 Å². The van der Waals surface area contributed by atoms with Crippen molar-refractivity contribution < 1.29 is 9.59 Å². The summed E-state index contributed by atoms with van der Waals surface area (Å²) in [5.41, 5.74) is 2.64. The van der Waals surface area contributed by atoms with Crippen molar-refractivity contribution >= 4 is 58.0 Å². The number of aryl methyl sites for hydroxylation is 1. The highest BCUT2D eigenvalue weighted by molar-refractivity contribution is 7.80. The molecule has 1 fully saturated rings. The minimum Gasteiger partial charge on any atom is -0.332 e. The predicted octanol–water partition coefficient (Wildman–Crippen LogP) is 4.26. The summed E-state index contributed by atoms with van der Waals surface area (Å²) in [6, 6.07) is 12.1. The normalized spacial score (nSPS) is 16.6. The average Bonchev–Trinajstić information content (AvgIpc) is 2.85. The van der Waals surface area contributed by atoms with Crippen LogP contribution in [0.2, 0.25) is 10.0 Å². The number of carbonyl (C=O) groups excluding carboxylic acids is 2. The molecular formula is C20H19Cl2N3O2S. The predicted molar refractivity (Wildman–Crippen MR) is 116 cm³/mol. The van der Waals surface area contributed by atoms with E-state index in [1.54, 1.807) is 24.1 Å². The van der Waals surface area contributed by atoms with Gasteiger partial charge in [0.05, 0.1) is 16.5 Å². The Balaban J connectivity index is 1.75. The van der Waals surface area contributed by atoms with Crippen molar-refractivity contribution in [2.75, 3.05) is 12.4 Å². The van der Waals surface area contributed by atoms with Gasteiger partial charge in [-0.25, -0.2) is 0 Å². The Morgan fingerprint density at radius 2 is 1.82 bits per heavy atom. The van der Waals surface area contributed by atoms with Crippen molar-refractivity contribution in [3.05, 3.63) is 63.6 Å². The molecule has 1 saturated heterocycles. The Hall–Kier alpha value is -2.15. The Labute approximate surface area is 179 Å². The van der Waals surface area contributed by atoms with Gasteiger partial charge in [-0.3, -0.25) is 14.5 Å². The summed E-state index contributed by atoms with van der Waals surface area (Å²) in [6.45, 7) is 2.33. The molecule has 0 aliphatic carbocycles. The van der Waals surface area contributed by atoms with E-state index in [4.69, 9.17) is 35.4 Å². The fourth-order valence-electron chi connectivity index (χ4n) is 3.01. The first-order chi connectivity index (χ1) is 13.3. The van der Waals surface area contributed by atoms with Crippen molar-refractivity contribution in [2.45, 2.75) is 25.9 Å². The molecule has 5 nitrogen and oxygen atoms in total. The molecule has 2 amide bonds. The van der Waals surface area contributed by atoms with Crippen LogP contribution in [0.4, 0.5) is 5.69 Å².